The summed E-state index contributed by atoms with van der Waals surface area (Å²) in [7, 11) is 0. The summed E-state index contributed by atoms with van der Waals surface area (Å²) >= 11 is 14.5. The van der Waals surface area contributed by atoms with Gasteiger partial charge < -0.3 is 0 Å². The number of rotatable bonds is 0. The lowest BCUT2D eigenvalue weighted by molar-refractivity contribution is 1.65. The molecule has 0 unspecified atom stereocenters. The molecule has 0 saturated carbocycles. The number of benzene rings is 1. The maximum absolute atomic E-state index is 5.68. The molecule has 0 aliphatic rings. The van der Waals surface area contributed by atoms with Crippen molar-refractivity contribution in [2.45, 2.75) is 0 Å². The Morgan fingerprint density at radius 1 is 1.20 bits per heavy atom. The number of halogens is 3. The van der Waals surface area contributed by atoms with Gasteiger partial charge >= 0.3 is 23.1 Å². The van der Waals surface area contributed by atoms with Gasteiger partial charge in [0, 0.05) is 9.50 Å². The van der Waals surface area contributed by atoms with Crippen molar-refractivity contribution in [1.29, 1.82) is 0 Å². The third-order valence-electron chi connectivity index (χ3n) is 0.882. The van der Waals surface area contributed by atoms with Crippen molar-refractivity contribution in [1.82, 2.24) is 0 Å². The van der Waals surface area contributed by atoms with Gasteiger partial charge in [-0.3, -0.25) is 0 Å². The van der Waals surface area contributed by atoms with Crippen LogP contribution < -0.4 is 0 Å². The average Bonchev–Trinajstić information content (AvgIpc) is 1.80. The zero-order valence-electron chi connectivity index (χ0n) is 4.37. The van der Waals surface area contributed by atoms with E-state index in [1.807, 2.05) is 6.07 Å². The Labute approximate surface area is 94.2 Å². The van der Waals surface area contributed by atoms with Crippen molar-refractivity contribution in [2.75, 3.05) is 0 Å². The lowest BCUT2D eigenvalue weighted by Gasteiger charge is -1.93. The summed E-state index contributed by atoms with van der Waals surface area (Å²) in [5, 5.41) is 1.30. The maximum Gasteiger partial charge on any atom is 0.316 e. The van der Waals surface area contributed by atoms with Crippen molar-refractivity contribution in [3.05, 3.63) is 32.7 Å². The second kappa shape index (κ2) is 4.83. The van der Waals surface area contributed by atoms with Crippen LogP contribution in [0.2, 0.25) is 10.0 Å². The third-order valence-corrected chi connectivity index (χ3v) is 2.35. The van der Waals surface area contributed by atoms with Crippen LogP contribution in [-0.4, -0.2) is 23.1 Å². The topological polar surface area (TPSA) is 0 Å². The van der Waals surface area contributed by atoms with Crippen LogP contribution in [0.4, 0.5) is 0 Å². The van der Waals surface area contributed by atoms with Crippen molar-refractivity contribution < 1.29 is 0 Å². The minimum absolute atomic E-state index is 0. The first-order valence-electron chi connectivity index (χ1n) is 2.30. The fourth-order valence-corrected chi connectivity index (χ4v) is 1.13. The van der Waals surface area contributed by atoms with Crippen LogP contribution in [0, 0.1) is 0 Å². The van der Waals surface area contributed by atoms with Gasteiger partial charge in [0.05, 0.1) is 5.02 Å². The van der Waals surface area contributed by atoms with Gasteiger partial charge in [0.15, 0.2) is 0 Å². The van der Waals surface area contributed by atoms with E-state index in [1.165, 1.54) is 0 Å². The molecule has 0 aliphatic carbocycles. The van der Waals surface area contributed by atoms with E-state index in [-0.39, 0.29) is 23.1 Å². The number of hydrogen-bond donors (Lipinski definition) is 0. The zero-order chi connectivity index (χ0) is 6.85. The van der Waals surface area contributed by atoms with Gasteiger partial charge in [0.25, 0.3) is 0 Å². The van der Waals surface area contributed by atoms with Crippen LogP contribution in [-0.2, 0) is 0 Å². The molecule has 1 rings (SSSR count). The molecular formula is C6H5BrCl2Mg. The molecule has 0 amide bonds. The number of hydrogen-bond acceptors (Lipinski definition) is 0. The van der Waals surface area contributed by atoms with E-state index in [9.17, 15) is 0 Å². The Hall–Kier alpha value is 1.05. The zero-order valence-corrected chi connectivity index (χ0v) is 7.46. The van der Waals surface area contributed by atoms with Crippen molar-refractivity contribution in [2.24, 2.45) is 0 Å². The average molecular weight is 252 g/mol. The fourth-order valence-electron chi connectivity index (χ4n) is 0.470. The smallest absolute Gasteiger partial charge is 0.0843 e. The van der Waals surface area contributed by atoms with E-state index < -0.39 is 0 Å². The molecule has 10 heavy (non-hydrogen) atoms. The van der Waals surface area contributed by atoms with Gasteiger partial charge in [-0.2, -0.15) is 0 Å². The lowest BCUT2D eigenvalue weighted by Crippen LogP contribution is -1.66. The summed E-state index contributed by atoms with van der Waals surface area (Å²) in [6.07, 6.45) is 0. The molecule has 0 aromatic heterocycles. The second-order valence-corrected chi connectivity index (χ2v) is 3.26. The molecule has 52 valence electrons. The van der Waals surface area contributed by atoms with Gasteiger partial charge in [0.2, 0.25) is 0 Å². The molecule has 4 heteroatoms. The quantitative estimate of drug-likeness (QED) is 0.492. The molecule has 1 aromatic carbocycles. The molecular weight excluding hydrogens is 247 g/mol. The normalized spacial score (nSPS) is 8.70. The Morgan fingerprint density at radius 3 is 2.20 bits per heavy atom. The van der Waals surface area contributed by atoms with E-state index in [4.69, 9.17) is 23.2 Å². The van der Waals surface area contributed by atoms with Crippen molar-refractivity contribution >= 4 is 62.2 Å². The third kappa shape index (κ3) is 2.97. The van der Waals surface area contributed by atoms with E-state index in [1.54, 1.807) is 12.1 Å². The highest BCUT2D eigenvalue weighted by Gasteiger charge is 1.94. The highest BCUT2D eigenvalue weighted by atomic mass is 79.9. The van der Waals surface area contributed by atoms with Gasteiger partial charge in [-0.25, -0.2) is 0 Å². The van der Waals surface area contributed by atoms with Crippen molar-refractivity contribution in [3.8, 4) is 0 Å². The molecule has 0 atom stereocenters. The second-order valence-electron chi connectivity index (χ2n) is 1.56. The van der Waals surface area contributed by atoms with Gasteiger partial charge in [-0.05, 0) is 34.1 Å². The molecule has 0 saturated heterocycles. The lowest BCUT2D eigenvalue weighted by atomic mass is 10.4. The first-order chi connectivity index (χ1) is 4.20. The van der Waals surface area contributed by atoms with Gasteiger partial charge in [-0.1, -0.05) is 23.2 Å². The van der Waals surface area contributed by atoms with E-state index >= 15 is 0 Å². The first-order valence-corrected chi connectivity index (χ1v) is 3.85. The molecule has 0 nitrogen and oxygen atoms in total. The van der Waals surface area contributed by atoms with Crippen LogP contribution in [0.25, 0.3) is 0 Å². The molecule has 0 N–H and O–H groups in total. The van der Waals surface area contributed by atoms with Crippen LogP contribution in [0.1, 0.15) is 0 Å². The van der Waals surface area contributed by atoms with E-state index in [0.717, 1.165) is 4.47 Å². The highest BCUT2D eigenvalue weighted by molar-refractivity contribution is 9.10. The predicted octanol–water partition coefficient (Wildman–Crippen LogP) is 2.84. The van der Waals surface area contributed by atoms with Gasteiger partial charge in [0.1, 0.15) is 0 Å². The highest BCUT2D eigenvalue weighted by Crippen LogP contribution is 2.24. The monoisotopic (exact) mass is 250 g/mol. The molecule has 0 spiro atoms. The van der Waals surface area contributed by atoms with Crippen LogP contribution in [0.3, 0.4) is 0 Å². The van der Waals surface area contributed by atoms with E-state index in [2.05, 4.69) is 15.9 Å². The van der Waals surface area contributed by atoms with Crippen LogP contribution in [0.5, 0.6) is 0 Å². The fraction of sp³-hybridized carbons (Fsp3) is 0. The SMILES string of the molecule is Clc1ccc(Br)c(Cl)c1.[MgH2]. The Bertz CT molecular complexity index is 227. The molecule has 0 radical (unpaired) electrons. The molecule has 0 fully saturated rings. The Morgan fingerprint density at radius 2 is 1.80 bits per heavy atom. The summed E-state index contributed by atoms with van der Waals surface area (Å²) in [5.74, 6) is 0. The maximum atomic E-state index is 5.68. The molecule has 1 aromatic rings. The van der Waals surface area contributed by atoms with Crippen LogP contribution >= 0.6 is 39.1 Å². The van der Waals surface area contributed by atoms with Gasteiger partial charge in [-0.15, -0.1) is 0 Å². The van der Waals surface area contributed by atoms with Crippen molar-refractivity contribution in [3.63, 3.8) is 0 Å². The predicted molar refractivity (Wildman–Crippen MR) is 52.7 cm³/mol. The Balaban J connectivity index is 0.000000810. The summed E-state index contributed by atoms with van der Waals surface area (Å²) in [6.45, 7) is 0. The Kier molecular flexibility index (Phi) is 5.34. The minimum Gasteiger partial charge on any atom is -0.0843 e. The summed E-state index contributed by atoms with van der Waals surface area (Å²) < 4.78 is 0.869. The summed E-state index contributed by atoms with van der Waals surface area (Å²) in [4.78, 5) is 0. The standard InChI is InChI=1S/C6H3BrCl2.Mg.2H/c7-5-2-1-4(8)3-6(5)9;;;/h1-3H;;;. The molecule has 0 heterocycles. The molecule has 0 aliphatic heterocycles. The first kappa shape index (κ1) is 11.0. The van der Waals surface area contributed by atoms with E-state index in [0.29, 0.717) is 10.0 Å². The molecule has 0 bridgehead atoms. The summed E-state index contributed by atoms with van der Waals surface area (Å²) in [5.41, 5.74) is 0. The van der Waals surface area contributed by atoms with Crippen LogP contribution in [0.15, 0.2) is 22.7 Å². The summed E-state index contributed by atoms with van der Waals surface area (Å²) in [6, 6.07) is 5.27. The minimum atomic E-state index is 0. The largest absolute Gasteiger partial charge is 0.316 e.